The fourth-order valence-corrected chi connectivity index (χ4v) is 4.66. The van der Waals surface area contributed by atoms with Gasteiger partial charge >= 0.3 is 5.97 Å². The monoisotopic (exact) mass is 516 g/mol. The van der Waals surface area contributed by atoms with Gasteiger partial charge in [0.2, 0.25) is 0 Å². The molecule has 1 aliphatic heterocycles. The van der Waals surface area contributed by atoms with Crippen molar-refractivity contribution in [3.8, 4) is 5.75 Å². The number of anilines is 1. The molecule has 2 aliphatic rings. The van der Waals surface area contributed by atoms with Gasteiger partial charge in [0.05, 0.1) is 5.56 Å². The van der Waals surface area contributed by atoms with Gasteiger partial charge in [-0.3, -0.25) is 9.69 Å². The number of amides is 1. The summed E-state index contributed by atoms with van der Waals surface area (Å²) in [5.41, 5.74) is 9.79. The van der Waals surface area contributed by atoms with E-state index in [1.54, 1.807) is 12.1 Å². The summed E-state index contributed by atoms with van der Waals surface area (Å²) < 4.78 is 6.37. The number of nitrogens with zero attached hydrogens (tertiary/aromatic N) is 2. The molecule has 1 aliphatic carbocycles. The van der Waals surface area contributed by atoms with Gasteiger partial charge in [-0.1, -0.05) is 24.6 Å². The highest BCUT2D eigenvalue weighted by Gasteiger charge is 2.30. The maximum Gasteiger partial charge on any atom is 0.336 e. The largest absolute Gasteiger partial charge is 0.478 e. The second kappa shape index (κ2) is 11.7. The number of aromatic carboxylic acids is 1. The van der Waals surface area contributed by atoms with Gasteiger partial charge in [-0.25, -0.2) is 4.79 Å². The Labute approximate surface area is 224 Å². The second-order valence-corrected chi connectivity index (χ2v) is 9.98. The molecule has 1 heterocycles. The second-order valence-electron chi connectivity index (χ2n) is 9.98. The number of unbranched alkanes of at least 4 members (excludes halogenated alkanes) is 2. The first kappa shape index (κ1) is 27.2. The summed E-state index contributed by atoms with van der Waals surface area (Å²) in [6.45, 7) is 1.14. The van der Waals surface area contributed by atoms with Gasteiger partial charge in [0.1, 0.15) is 11.5 Å². The number of nitrogens with one attached hydrogen (secondary N) is 1. The van der Waals surface area contributed by atoms with Crippen LogP contribution in [0.2, 0.25) is 0 Å². The van der Waals surface area contributed by atoms with Crippen LogP contribution in [0.5, 0.6) is 5.75 Å². The summed E-state index contributed by atoms with van der Waals surface area (Å²) in [5.74, 6) is -0.0514. The Balaban J connectivity index is 1.79. The molecule has 2 aromatic rings. The lowest BCUT2D eigenvalue weighted by Gasteiger charge is -2.31. The zero-order valence-corrected chi connectivity index (χ0v) is 22.5. The molecule has 8 heteroatoms. The topological polar surface area (TPSA) is 108 Å². The van der Waals surface area contributed by atoms with Crippen LogP contribution in [0.3, 0.4) is 0 Å². The molecule has 4 N–H and O–H groups in total. The molecular weight excluding hydrogens is 480 g/mol. The molecule has 8 nitrogen and oxygen atoms in total. The van der Waals surface area contributed by atoms with E-state index in [9.17, 15) is 14.7 Å². The van der Waals surface area contributed by atoms with Gasteiger partial charge in [0, 0.05) is 60.7 Å². The first-order valence-electron chi connectivity index (χ1n) is 12.9. The van der Waals surface area contributed by atoms with Crippen molar-refractivity contribution in [1.82, 2.24) is 10.2 Å². The predicted octanol–water partition coefficient (Wildman–Crippen LogP) is 3.89. The number of carboxylic acid groups (broad SMARTS) is 1. The Morgan fingerprint density at radius 1 is 1.03 bits per heavy atom. The Morgan fingerprint density at radius 2 is 1.79 bits per heavy atom. The van der Waals surface area contributed by atoms with Gasteiger partial charge in [-0.15, -0.1) is 0 Å². The van der Waals surface area contributed by atoms with E-state index in [4.69, 9.17) is 10.5 Å². The standard InChI is InChI=1S/C30H36N4O4/c1-33(2)20-9-12-23-26(17-20)38-27-18-21(34(3)4)10-13-24(27)28(23)22-11-8-19(16-25(22)30(36)37)29(35)32-15-7-5-6-14-31/h8-13,16-18,20H,5-7,14-15,31H2,1-4H3,(H,32,35)(H,36,37). The average molecular weight is 517 g/mol. The summed E-state index contributed by atoms with van der Waals surface area (Å²) in [7, 11) is 7.91. The third kappa shape index (κ3) is 5.66. The molecule has 1 amide bonds. The van der Waals surface area contributed by atoms with Crippen LogP contribution in [-0.4, -0.2) is 69.2 Å². The van der Waals surface area contributed by atoms with Crippen LogP contribution < -0.4 is 20.7 Å². The van der Waals surface area contributed by atoms with Crippen LogP contribution in [0.25, 0.3) is 5.57 Å². The molecule has 4 rings (SSSR count). The number of rotatable bonds is 10. The number of benzene rings is 2. The van der Waals surface area contributed by atoms with Crippen molar-refractivity contribution in [3.05, 3.63) is 88.2 Å². The van der Waals surface area contributed by atoms with Crippen LogP contribution in [0.4, 0.5) is 5.69 Å². The highest BCUT2D eigenvalue weighted by Crippen LogP contribution is 2.45. The van der Waals surface area contributed by atoms with E-state index in [2.05, 4.69) is 16.3 Å². The van der Waals surface area contributed by atoms with Crippen molar-refractivity contribution >= 4 is 23.1 Å². The summed E-state index contributed by atoms with van der Waals surface area (Å²) in [6, 6.07) is 10.8. The zero-order valence-electron chi connectivity index (χ0n) is 22.5. The van der Waals surface area contributed by atoms with Gasteiger partial charge in [0.25, 0.3) is 5.91 Å². The van der Waals surface area contributed by atoms with Crippen molar-refractivity contribution in [2.75, 3.05) is 46.2 Å². The van der Waals surface area contributed by atoms with Crippen LogP contribution in [0.15, 0.2) is 66.0 Å². The fourth-order valence-electron chi connectivity index (χ4n) is 4.66. The van der Waals surface area contributed by atoms with E-state index < -0.39 is 5.97 Å². The molecule has 0 bridgehead atoms. The summed E-state index contributed by atoms with van der Waals surface area (Å²) in [5, 5.41) is 13.1. The molecular formula is C30H36N4O4. The minimum absolute atomic E-state index is 0.0449. The zero-order chi connectivity index (χ0) is 27.4. The molecule has 1 atom stereocenters. The van der Waals surface area contributed by atoms with Crippen molar-refractivity contribution in [3.63, 3.8) is 0 Å². The molecule has 38 heavy (non-hydrogen) atoms. The highest BCUT2D eigenvalue weighted by molar-refractivity contribution is 6.03. The van der Waals surface area contributed by atoms with E-state index in [1.807, 2.05) is 63.4 Å². The van der Waals surface area contributed by atoms with Crippen LogP contribution in [-0.2, 0) is 0 Å². The third-order valence-corrected chi connectivity index (χ3v) is 6.83. The van der Waals surface area contributed by atoms with Crippen molar-refractivity contribution < 1.29 is 19.4 Å². The number of hydrogen-bond acceptors (Lipinski definition) is 6. The first-order valence-corrected chi connectivity index (χ1v) is 12.9. The number of carbonyl (C=O) groups excluding carboxylic acids is 1. The lowest BCUT2D eigenvalue weighted by Crippen LogP contribution is -2.27. The molecule has 0 saturated heterocycles. The quantitative estimate of drug-likeness (QED) is 0.411. The van der Waals surface area contributed by atoms with Crippen molar-refractivity contribution in [2.45, 2.75) is 25.3 Å². The smallest absolute Gasteiger partial charge is 0.336 e. The van der Waals surface area contributed by atoms with Crippen LogP contribution in [0.1, 0.15) is 51.1 Å². The highest BCUT2D eigenvalue weighted by atomic mass is 16.5. The Hall–Kier alpha value is -3.88. The summed E-state index contributed by atoms with van der Waals surface area (Å²) in [6.07, 6.45) is 8.76. The Kier molecular flexibility index (Phi) is 8.34. The number of likely N-dealkylation sites (N-methyl/N-ethyl adjacent to an activating group) is 1. The van der Waals surface area contributed by atoms with Gasteiger partial charge in [-0.2, -0.15) is 0 Å². The normalized spacial score (nSPS) is 15.9. The summed E-state index contributed by atoms with van der Waals surface area (Å²) in [4.78, 5) is 29.3. The number of carboxylic acids is 1. The van der Waals surface area contributed by atoms with Gasteiger partial charge in [0.15, 0.2) is 0 Å². The lowest BCUT2D eigenvalue weighted by molar-refractivity contribution is 0.0696. The SMILES string of the molecule is CN(C)c1ccc2c(c1)OC1=CC(N(C)C)C=CC1=C2c1ccc(C(=O)NCCCCCN)cc1C(=O)O. The van der Waals surface area contributed by atoms with E-state index in [0.717, 1.165) is 41.7 Å². The minimum atomic E-state index is -1.10. The van der Waals surface area contributed by atoms with E-state index in [0.29, 0.717) is 35.7 Å². The number of ether oxygens (including phenoxy) is 1. The van der Waals surface area contributed by atoms with Crippen LogP contribution in [0, 0.1) is 0 Å². The molecule has 200 valence electrons. The third-order valence-electron chi connectivity index (χ3n) is 6.83. The molecule has 0 saturated carbocycles. The molecule has 0 radical (unpaired) electrons. The van der Waals surface area contributed by atoms with Crippen molar-refractivity contribution in [2.24, 2.45) is 5.73 Å². The average Bonchev–Trinajstić information content (AvgIpc) is 2.90. The Bertz CT molecular complexity index is 1320. The van der Waals surface area contributed by atoms with E-state index in [1.165, 1.54) is 6.07 Å². The van der Waals surface area contributed by atoms with E-state index in [-0.39, 0.29) is 17.5 Å². The predicted molar refractivity (Wildman–Crippen MR) is 151 cm³/mol. The molecule has 0 aromatic heterocycles. The fraction of sp³-hybridized carbons (Fsp3) is 0.333. The minimum Gasteiger partial charge on any atom is -0.478 e. The molecule has 0 fully saturated rings. The Morgan fingerprint density at radius 3 is 2.47 bits per heavy atom. The molecule has 0 spiro atoms. The number of allylic oxidation sites excluding steroid dienone is 1. The maximum atomic E-state index is 12.8. The molecule has 2 aromatic carbocycles. The number of hydrogen-bond donors (Lipinski definition) is 3. The van der Waals surface area contributed by atoms with Gasteiger partial charge < -0.3 is 25.8 Å². The first-order chi connectivity index (χ1) is 18.2. The lowest BCUT2D eigenvalue weighted by atomic mass is 9.84. The van der Waals surface area contributed by atoms with E-state index >= 15 is 0 Å². The number of carbonyl (C=O) groups is 2. The molecule has 1 unspecified atom stereocenters. The number of fused-ring (bicyclic) bond motifs is 2. The van der Waals surface area contributed by atoms with Gasteiger partial charge in [-0.05, 0) is 69.4 Å². The van der Waals surface area contributed by atoms with Crippen LogP contribution >= 0.6 is 0 Å². The summed E-state index contributed by atoms with van der Waals surface area (Å²) >= 11 is 0. The number of nitrogens with two attached hydrogens (primary N) is 1. The maximum absolute atomic E-state index is 12.8. The van der Waals surface area contributed by atoms with Crippen molar-refractivity contribution in [1.29, 1.82) is 0 Å².